The first-order valence-electron chi connectivity index (χ1n) is 7.70. The maximum Gasteiger partial charge on any atom is 0.191 e. The molecule has 0 aromatic heterocycles. The van der Waals surface area contributed by atoms with Crippen LogP contribution in [0.5, 0.6) is 0 Å². The lowest BCUT2D eigenvalue weighted by molar-refractivity contribution is 0.0205. The highest BCUT2D eigenvalue weighted by atomic mass is 16.5. The fourth-order valence-corrected chi connectivity index (χ4v) is 2.29. The number of hydrogen-bond donors (Lipinski definition) is 2. The minimum Gasteiger partial charge on any atom is -0.379 e. The summed E-state index contributed by atoms with van der Waals surface area (Å²) < 4.78 is 10.9. The van der Waals surface area contributed by atoms with Crippen molar-refractivity contribution in [1.29, 1.82) is 0 Å². The molecule has 1 atom stereocenters. The topological polar surface area (TPSA) is 54.9 Å². The number of methoxy groups -OCH3 is 1. The lowest BCUT2D eigenvalue weighted by Crippen LogP contribution is -2.45. The first kappa shape index (κ1) is 18.0. The van der Waals surface area contributed by atoms with Gasteiger partial charge in [0.25, 0.3) is 0 Å². The second-order valence-corrected chi connectivity index (χ2v) is 6.41. The van der Waals surface area contributed by atoms with Gasteiger partial charge < -0.3 is 20.1 Å². The summed E-state index contributed by atoms with van der Waals surface area (Å²) >= 11 is 0. The van der Waals surface area contributed by atoms with Gasteiger partial charge in [-0.25, -0.2) is 0 Å². The molecular weight excluding hydrogens is 266 g/mol. The number of nitrogens with one attached hydrogen (secondary N) is 2. The van der Waals surface area contributed by atoms with E-state index in [4.69, 9.17) is 9.47 Å². The number of ether oxygens (including phenoxy) is 2. The minimum absolute atomic E-state index is 0.105. The van der Waals surface area contributed by atoms with Crippen molar-refractivity contribution in [3.8, 4) is 0 Å². The fourth-order valence-electron chi connectivity index (χ4n) is 2.29. The van der Waals surface area contributed by atoms with Crippen molar-refractivity contribution >= 4 is 5.96 Å². The van der Waals surface area contributed by atoms with Gasteiger partial charge in [0.1, 0.15) is 0 Å². The van der Waals surface area contributed by atoms with Crippen LogP contribution in [0.3, 0.4) is 0 Å². The number of guanidine groups is 1. The van der Waals surface area contributed by atoms with Crippen molar-refractivity contribution < 1.29 is 9.47 Å². The molecule has 0 saturated heterocycles. The monoisotopic (exact) mass is 297 g/mol. The molecule has 21 heavy (non-hydrogen) atoms. The van der Waals surface area contributed by atoms with Gasteiger partial charge in [-0.05, 0) is 18.3 Å². The van der Waals surface area contributed by atoms with Crippen molar-refractivity contribution in [3.05, 3.63) is 11.6 Å². The molecule has 5 heteroatoms. The van der Waals surface area contributed by atoms with Gasteiger partial charge in [0, 0.05) is 27.2 Å². The van der Waals surface area contributed by atoms with Crippen LogP contribution in [0.25, 0.3) is 0 Å². The molecule has 0 radical (unpaired) electrons. The normalized spacial score (nSPS) is 18.1. The molecule has 1 rings (SSSR count). The van der Waals surface area contributed by atoms with Crippen LogP contribution in [-0.2, 0) is 9.47 Å². The zero-order chi connectivity index (χ0) is 15.7. The van der Waals surface area contributed by atoms with Crippen molar-refractivity contribution in [3.63, 3.8) is 0 Å². The maximum atomic E-state index is 5.54. The van der Waals surface area contributed by atoms with Gasteiger partial charge >= 0.3 is 0 Å². The molecule has 0 amide bonds. The van der Waals surface area contributed by atoms with E-state index in [1.807, 2.05) is 0 Å². The summed E-state index contributed by atoms with van der Waals surface area (Å²) in [5.74, 6) is 0.828. The van der Waals surface area contributed by atoms with E-state index in [-0.39, 0.29) is 11.5 Å². The quantitative estimate of drug-likeness (QED) is 0.447. The van der Waals surface area contributed by atoms with Crippen molar-refractivity contribution in [1.82, 2.24) is 10.6 Å². The summed E-state index contributed by atoms with van der Waals surface area (Å²) in [5.41, 5.74) is 1.57. The lowest BCUT2D eigenvalue weighted by atomic mass is 9.89. The van der Waals surface area contributed by atoms with Gasteiger partial charge in [0.05, 0.1) is 19.3 Å². The molecular formula is C16H31N3O2. The van der Waals surface area contributed by atoms with Crippen LogP contribution in [0.4, 0.5) is 0 Å². The number of nitrogens with zero attached hydrogens (tertiary/aromatic N) is 1. The van der Waals surface area contributed by atoms with E-state index in [1.54, 1.807) is 14.2 Å². The Bertz CT molecular complexity index is 359. The van der Waals surface area contributed by atoms with Gasteiger partial charge in [-0.1, -0.05) is 32.4 Å². The average molecular weight is 297 g/mol. The first-order chi connectivity index (χ1) is 9.97. The highest BCUT2D eigenvalue weighted by Gasteiger charge is 2.24. The first-order valence-corrected chi connectivity index (χ1v) is 7.70. The van der Waals surface area contributed by atoms with Crippen LogP contribution in [0.15, 0.2) is 16.6 Å². The molecule has 0 fully saturated rings. The number of hydrogen-bond acceptors (Lipinski definition) is 3. The molecule has 1 heterocycles. The molecule has 0 bridgehead atoms. The van der Waals surface area contributed by atoms with Gasteiger partial charge in [0.15, 0.2) is 5.96 Å². The molecule has 1 unspecified atom stereocenters. The average Bonchev–Trinajstić information content (AvgIpc) is 2.45. The molecule has 5 nitrogen and oxygen atoms in total. The predicted molar refractivity (Wildman–Crippen MR) is 87.8 cm³/mol. The van der Waals surface area contributed by atoms with Gasteiger partial charge in [-0.3, -0.25) is 4.99 Å². The Morgan fingerprint density at radius 2 is 2.19 bits per heavy atom. The molecule has 0 spiro atoms. The Kier molecular flexibility index (Phi) is 7.75. The third kappa shape index (κ3) is 6.96. The molecule has 0 aromatic carbocycles. The smallest absolute Gasteiger partial charge is 0.191 e. The molecule has 122 valence electrons. The van der Waals surface area contributed by atoms with E-state index in [9.17, 15) is 0 Å². The standard InChI is InChI=1S/C16H31N3O2/c1-16(2,3)14(20-5)12-19-15(17-4)18-9-6-13-7-10-21-11-8-13/h7,14H,6,8-12H2,1-5H3,(H2,17,18,19). The van der Waals surface area contributed by atoms with Gasteiger partial charge in [-0.2, -0.15) is 0 Å². The van der Waals surface area contributed by atoms with Crippen LogP contribution in [0.2, 0.25) is 0 Å². The van der Waals surface area contributed by atoms with E-state index >= 15 is 0 Å². The largest absolute Gasteiger partial charge is 0.379 e. The van der Waals surface area contributed by atoms with Gasteiger partial charge in [0.2, 0.25) is 0 Å². The highest BCUT2D eigenvalue weighted by Crippen LogP contribution is 2.20. The van der Waals surface area contributed by atoms with E-state index in [2.05, 4.69) is 42.5 Å². The fraction of sp³-hybridized carbons (Fsp3) is 0.812. The Morgan fingerprint density at radius 1 is 1.43 bits per heavy atom. The number of aliphatic imine (C=N–C) groups is 1. The van der Waals surface area contributed by atoms with Crippen molar-refractivity contribution in [2.45, 2.75) is 39.7 Å². The summed E-state index contributed by atoms with van der Waals surface area (Å²) in [7, 11) is 3.55. The molecule has 2 N–H and O–H groups in total. The predicted octanol–water partition coefficient (Wildman–Crippen LogP) is 1.95. The maximum absolute atomic E-state index is 5.54. The van der Waals surface area contributed by atoms with Gasteiger partial charge in [-0.15, -0.1) is 0 Å². The summed E-state index contributed by atoms with van der Waals surface area (Å²) in [6, 6.07) is 0. The van der Waals surface area contributed by atoms with Crippen LogP contribution < -0.4 is 10.6 Å². The minimum atomic E-state index is 0.105. The van der Waals surface area contributed by atoms with Crippen LogP contribution in [0, 0.1) is 5.41 Å². The summed E-state index contributed by atoms with van der Waals surface area (Å²) in [5, 5.41) is 6.68. The van der Waals surface area contributed by atoms with E-state index in [0.717, 1.165) is 45.1 Å². The summed E-state index contributed by atoms with van der Waals surface area (Å²) in [4.78, 5) is 4.25. The SMILES string of the molecule is CN=C(NCCC1=CCOCC1)NCC(OC)C(C)(C)C. The lowest BCUT2D eigenvalue weighted by Gasteiger charge is -2.30. The Labute approximate surface area is 129 Å². The second-order valence-electron chi connectivity index (χ2n) is 6.41. The molecule has 1 aliphatic heterocycles. The summed E-state index contributed by atoms with van der Waals surface area (Å²) in [6.45, 7) is 9.77. The molecule has 0 aliphatic carbocycles. The molecule has 1 aliphatic rings. The zero-order valence-corrected chi connectivity index (χ0v) is 14.2. The van der Waals surface area contributed by atoms with Crippen molar-refractivity contribution in [2.75, 3.05) is 40.5 Å². The number of rotatable bonds is 6. The third-order valence-electron chi connectivity index (χ3n) is 3.72. The van der Waals surface area contributed by atoms with Crippen LogP contribution in [-0.4, -0.2) is 52.5 Å². The Hall–Kier alpha value is -1.07. The van der Waals surface area contributed by atoms with E-state index in [0.29, 0.717) is 0 Å². The Balaban J connectivity index is 2.30. The third-order valence-corrected chi connectivity index (χ3v) is 3.72. The van der Waals surface area contributed by atoms with Crippen LogP contribution in [0.1, 0.15) is 33.6 Å². The molecule has 0 aromatic rings. The second kappa shape index (κ2) is 9.05. The van der Waals surface area contributed by atoms with Crippen LogP contribution >= 0.6 is 0 Å². The van der Waals surface area contributed by atoms with E-state index in [1.165, 1.54) is 5.57 Å². The Morgan fingerprint density at radius 3 is 2.71 bits per heavy atom. The summed E-state index contributed by atoms with van der Waals surface area (Å²) in [6.07, 6.45) is 4.41. The molecule has 0 saturated carbocycles. The highest BCUT2D eigenvalue weighted by molar-refractivity contribution is 5.79. The van der Waals surface area contributed by atoms with Crippen molar-refractivity contribution in [2.24, 2.45) is 10.4 Å². The van der Waals surface area contributed by atoms with E-state index < -0.39 is 0 Å². The zero-order valence-electron chi connectivity index (χ0n) is 14.2.